The van der Waals surface area contributed by atoms with Gasteiger partial charge < -0.3 is 16.4 Å². The van der Waals surface area contributed by atoms with Crippen LogP contribution >= 0.6 is 0 Å². The van der Waals surface area contributed by atoms with Crippen LogP contribution in [-0.2, 0) is 9.59 Å². The molecule has 1 rings (SSSR count). The number of hydrogen-bond acceptors (Lipinski definition) is 3. The molecule has 5 nitrogen and oxygen atoms in total. The smallest absolute Gasteiger partial charge is 0.242 e. The zero-order valence-corrected chi connectivity index (χ0v) is 10.2. The fraction of sp³-hybridized carbons (Fsp3) is 0.818. The van der Waals surface area contributed by atoms with Crippen molar-refractivity contribution < 1.29 is 9.59 Å². The molecule has 0 aromatic rings. The van der Waals surface area contributed by atoms with Crippen LogP contribution in [0, 0.1) is 0 Å². The molecule has 0 aromatic carbocycles. The van der Waals surface area contributed by atoms with Crippen molar-refractivity contribution in [2.75, 3.05) is 0 Å². The minimum atomic E-state index is -0.717. The maximum absolute atomic E-state index is 11.6. The molecule has 5 heteroatoms. The second kappa shape index (κ2) is 4.82. The Balaban J connectivity index is 2.36. The van der Waals surface area contributed by atoms with Gasteiger partial charge in [0.2, 0.25) is 11.8 Å². The van der Waals surface area contributed by atoms with Crippen molar-refractivity contribution in [1.29, 1.82) is 0 Å². The number of rotatable bonds is 5. The second-order valence-corrected chi connectivity index (χ2v) is 4.67. The summed E-state index contributed by atoms with van der Waals surface area (Å²) in [6, 6.07) is -0.401. The van der Waals surface area contributed by atoms with E-state index >= 15 is 0 Å². The highest BCUT2D eigenvalue weighted by molar-refractivity contribution is 5.93. The largest absolute Gasteiger partial charge is 0.352 e. The maximum atomic E-state index is 11.6. The van der Waals surface area contributed by atoms with Crippen LogP contribution in [0.25, 0.3) is 0 Å². The van der Waals surface area contributed by atoms with Gasteiger partial charge >= 0.3 is 0 Å². The van der Waals surface area contributed by atoms with Gasteiger partial charge in [0.15, 0.2) is 0 Å². The SMILES string of the molecule is CCC(C)NC(=O)C(C)NC(=O)C1(N)CC1. The summed E-state index contributed by atoms with van der Waals surface area (Å²) in [4.78, 5) is 23.2. The summed E-state index contributed by atoms with van der Waals surface area (Å²) in [5.74, 6) is -0.383. The first-order valence-corrected chi connectivity index (χ1v) is 5.79. The molecule has 16 heavy (non-hydrogen) atoms. The molecule has 2 atom stereocenters. The van der Waals surface area contributed by atoms with Crippen molar-refractivity contribution in [1.82, 2.24) is 10.6 Å². The lowest BCUT2D eigenvalue weighted by Gasteiger charge is -2.19. The standard InChI is InChI=1S/C11H21N3O2/c1-4-7(2)13-9(15)8(3)14-10(16)11(12)5-6-11/h7-8H,4-6,12H2,1-3H3,(H,13,15)(H,14,16). The Morgan fingerprint density at radius 1 is 1.31 bits per heavy atom. The van der Waals surface area contributed by atoms with E-state index in [0.717, 1.165) is 6.42 Å². The summed E-state index contributed by atoms with van der Waals surface area (Å²) in [6.07, 6.45) is 2.28. The Morgan fingerprint density at radius 2 is 1.88 bits per heavy atom. The third-order valence-electron chi connectivity index (χ3n) is 2.98. The lowest BCUT2D eigenvalue weighted by atomic mass is 10.2. The Morgan fingerprint density at radius 3 is 2.31 bits per heavy atom. The van der Waals surface area contributed by atoms with Gasteiger partial charge in [0.05, 0.1) is 5.54 Å². The normalized spacial score (nSPS) is 20.8. The van der Waals surface area contributed by atoms with E-state index in [4.69, 9.17) is 5.73 Å². The van der Waals surface area contributed by atoms with E-state index in [1.54, 1.807) is 6.92 Å². The Labute approximate surface area is 96.1 Å². The molecule has 0 aliphatic heterocycles. The molecule has 1 saturated carbocycles. The van der Waals surface area contributed by atoms with Gasteiger partial charge in [-0.2, -0.15) is 0 Å². The first kappa shape index (κ1) is 13.0. The van der Waals surface area contributed by atoms with E-state index in [9.17, 15) is 9.59 Å². The molecule has 4 N–H and O–H groups in total. The van der Waals surface area contributed by atoms with Crippen molar-refractivity contribution in [3.05, 3.63) is 0 Å². The predicted octanol–water partition coefficient (Wildman–Crippen LogP) is -0.103. The summed E-state index contributed by atoms with van der Waals surface area (Å²) < 4.78 is 0. The number of hydrogen-bond donors (Lipinski definition) is 3. The highest BCUT2D eigenvalue weighted by atomic mass is 16.2. The summed E-state index contributed by atoms with van der Waals surface area (Å²) >= 11 is 0. The first-order chi connectivity index (χ1) is 7.39. The average molecular weight is 227 g/mol. The minimum absolute atomic E-state index is 0.125. The summed E-state index contributed by atoms with van der Waals surface area (Å²) in [5.41, 5.74) is 5.00. The van der Waals surface area contributed by atoms with Gasteiger partial charge in [-0.05, 0) is 33.1 Å². The molecule has 0 radical (unpaired) electrons. The number of nitrogens with one attached hydrogen (secondary N) is 2. The van der Waals surface area contributed by atoms with Gasteiger partial charge in [-0.3, -0.25) is 9.59 Å². The summed E-state index contributed by atoms with van der Waals surface area (Å²) in [7, 11) is 0. The summed E-state index contributed by atoms with van der Waals surface area (Å²) in [5, 5.41) is 5.45. The van der Waals surface area contributed by atoms with Gasteiger partial charge in [0, 0.05) is 6.04 Å². The highest BCUT2D eigenvalue weighted by Gasteiger charge is 2.46. The Kier molecular flexibility index (Phi) is 3.91. The van der Waals surface area contributed by atoms with Gasteiger partial charge in [-0.1, -0.05) is 6.92 Å². The highest BCUT2D eigenvalue weighted by Crippen LogP contribution is 2.32. The molecule has 1 fully saturated rings. The van der Waals surface area contributed by atoms with E-state index in [2.05, 4.69) is 10.6 Å². The van der Waals surface area contributed by atoms with Gasteiger partial charge in [0.1, 0.15) is 6.04 Å². The van der Waals surface area contributed by atoms with Crippen LogP contribution in [0.15, 0.2) is 0 Å². The van der Waals surface area contributed by atoms with Gasteiger partial charge in [-0.15, -0.1) is 0 Å². The van der Waals surface area contributed by atoms with E-state index in [1.807, 2.05) is 13.8 Å². The molecule has 2 amide bonds. The molecule has 0 heterocycles. The topological polar surface area (TPSA) is 84.2 Å². The van der Waals surface area contributed by atoms with Crippen LogP contribution in [0.4, 0.5) is 0 Å². The van der Waals surface area contributed by atoms with Crippen LogP contribution in [0.1, 0.15) is 40.0 Å². The Bertz CT molecular complexity index is 287. The van der Waals surface area contributed by atoms with Gasteiger partial charge in [-0.25, -0.2) is 0 Å². The molecule has 0 saturated heterocycles. The molecule has 92 valence electrons. The number of carbonyl (C=O) groups excluding carboxylic acids is 2. The lowest BCUT2D eigenvalue weighted by Crippen LogP contribution is -2.52. The van der Waals surface area contributed by atoms with Crippen LogP contribution in [-0.4, -0.2) is 29.4 Å². The number of carbonyl (C=O) groups is 2. The van der Waals surface area contributed by atoms with Crippen molar-refractivity contribution in [3.8, 4) is 0 Å². The van der Waals surface area contributed by atoms with Crippen molar-refractivity contribution >= 4 is 11.8 Å². The molecule has 0 spiro atoms. The van der Waals surface area contributed by atoms with Crippen molar-refractivity contribution in [3.63, 3.8) is 0 Å². The first-order valence-electron chi connectivity index (χ1n) is 5.79. The zero-order chi connectivity index (χ0) is 12.3. The molecule has 0 bridgehead atoms. The molecule has 1 aliphatic rings. The van der Waals surface area contributed by atoms with E-state index in [-0.39, 0.29) is 17.9 Å². The third-order valence-corrected chi connectivity index (χ3v) is 2.98. The molecule has 2 unspecified atom stereocenters. The average Bonchev–Trinajstić information content (AvgIpc) is 2.97. The van der Waals surface area contributed by atoms with Crippen molar-refractivity contribution in [2.45, 2.75) is 57.7 Å². The summed E-state index contributed by atoms with van der Waals surface area (Å²) in [6.45, 7) is 5.59. The van der Waals surface area contributed by atoms with Crippen molar-refractivity contribution in [2.24, 2.45) is 5.73 Å². The second-order valence-electron chi connectivity index (χ2n) is 4.67. The number of amides is 2. The molecule has 1 aliphatic carbocycles. The van der Waals surface area contributed by atoms with E-state index in [1.165, 1.54) is 0 Å². The van der Waals surface area contributed by atoms with Crippen LogP contribution < -0.4 is 16.4 Å². The quantitative estimate of drug-likeness (QED) is 0.613. The molecular weight excluding hydrogens is 206 g/mol. The molecule has 0 aromatic heterocycles. The van der Waals surface area contributed by atoms with Gasteiger partial charge in [0.25, 0.3) is 0 Å². The fourth-order valence-corrected chi connectivity index (χ4v) is 1.24. The maximum Gasteiger partial charge on any atom is 0.242 e. The lowest BCUT2D eigenvalue weighted by molar-refractivity contribution is -0.130. The monoisotopic (exact) mass is 227 g/mol. The zero-order valence-electron chi connectivity index (χ0n) is 10.2. The Hall–Kier alpha value is -1.10. The fourth-order valence-electron chi connectivity index (χ4n) is 1.24. The van der Waals surface area contributed by atoms with Crippen LogP contribution in [0.5, 0.6) is 0 Å². The molecular formula is C11H21N3O2. The van der Waals surface area contributed by atoms with Crippen LogP contribution in [0.3, 0.4) is 0 Å². The van der Waals surface area contributed by atoms with E-state index < -0.39 is 11.6 Å². The minimum Gasteiger partial charge on any atom is -0.352 e. The number of nitrogens with two attached hydrogens (primary N) is 1. The third kappa shape index (κ3) is 3.20. The van der Waals surface area contributed by atoms with Crippen LogP contribution in [0.2, 0.25) is 0 Å². The predicted molar refractivity (Wildman–Crippen MR) is 61.7 cm³/mol. The van der Waals surface area contributed by atoms with E-state index in [0.29, 0.717) is 12.8 Å².